The summed E-state index contributed by atoms with van der Waals surface area (Å²) in [6.07, 6.45) is 3.07. The minimum atomic E-state index is -1.99. The van der Waals surface area contributed by atoms with Crippen LogP contribution in [0.4, 0.5) is 0 Å². The quantitative estimate of drug-likeness (QED) is 0.793. The Morgan fingerprint density at radius 1 is 1.47 bits per heavy atom. The highest BCUT2D eigenvalue weighted by molar-refractivity contribution is 6.76. The molecular formula is C10H9Cl4NO2. The molecule has 0 saturated heterocycles. The third kappa shape index (κ3) is 4.80. The van der Waals surface area contributed by atoms with Crippen molar-refractivity contribution in [2.75, 3.05) is 6.54 Å². The van der Waals surface area contributed by atoms with Crippen LogP contribution in [0.3, 0.4) is 0 Å². The maximum Gasteiger partial charge on any atom is 0.275 e. The molecule has 0 N–H and O–H groups in total. The molecule has 0 spiro atoms. The van der Waals surface area contributed by atoms with Gasteiger partial charge in [-0.25, -0.2) is 0 Å². The molecule has 94 valence electrons. The molecule has 1 heterocycles. The van der Waals surface area contributed by atoms with Gasteiger partial charge in [-0.3, -0.25) is 4.79 Å². The van der Waals surface area contributed by atoms with E-state index in [9.17, 15) is 4.79 Å². The summed E-state index contributed by atoms with van der Waals surface area (Å²) in [5.41, 5.74) is 1.29. The molecule has 0 unspecified atom stereocenters. The summed E-state index contributed by atoms with van der Waals surface area (Å²) >= 11 is 22.1. The molecule has 0 aliphatic carbocycles. The van der Waals surface area contributed by atoms with E-state index in [0.29, 0.717) is 5.76 Å². The Balaban J connectivity index is 2.77. The predicted octanol–water partition coefficient (Wildman–Crippen LogP) is 3.73. The minimum Gasteiger partial charge on any atom is -0.467 e. The first-order chi connectivity index (χ1) is 7.95. The number of alkyl halides is 3. The Morgan fingerprint density at radius 2 is 2.18 bits per heavy atom. The van der Waals surface area contributed by atoms with Crippen LogP contribution >= 0.6 is 46.4 Å². The summed E-state index contributed by atoms with van der Waals surface area (Å²) < 4.78 is 3.13. The van der Waals surface area contributed by atoms with E-state index in [4.69, 9.17) is 50.8 Å². The number of nitrogens with zero attached hydrogens (tertiary/aromatic N) is 1. The number of carbonyl (C=O) groups is 1. The lowest BCUT2D eigenvalue weighted by atomic mass is 10.3. The van der Waals surface area contributed by atoms with Crippen LogP contribution in [0.2, 0.25) is 0 Å². The molecule has 0 fully saturated rings. The fourth-order valence-corrected chi connectivity index (χ4v) is 1.59. The molecule has 0 saturated carbocycles. The van der Waals surface area contributed by atoms with Gasteiger partial charge in [-0.05, 0) is 12.1 Å². The normalized spacial score (nSPS) is 12.0. The van der Waals surface area contributed by atoms with Crippen molar-refractivity contribution in [2.45, 2.75) is 10.3 Å². The molecule has 1 aromatic rings. The molecule has 0 bridgehead atoms. The van der Waals surface area contributed by atoms with Crippen molar-refractivity contribution in [3.63, 3.8) is 0 Å². The van der Waals surface area contributed by atoms with Crippen LogP contribution in [0.25, 0.3) is 0 Å². The second-order valence-corrected chi connectivity index (χ2v) is 5.66. The zero-order valence-electron chi connectivity index (χ0n) is 8.58. The van der Waals surface area contributed by atoms with Crippen molar-refractivity contribution in [3.8, 4) is 0 Å². The van der Waals surface area contributed by atoms with E-state index < -0.39 is 9.70 Å². The van der Waals surface area contributed by atoms with Gasteiger partial charge in [-0.2, -0.15) is 0 Å². The number of halogens is 4. The van der Waals surface area contributed by atoms with E-state index in [2.05, 4.69) is 0 Å². The van der Waals surface area contributed by atoms with Crippen LogP contribution in [0, 0.1) is 0 Å². The average molecular weight is 317 g/mol. The molecule has 17 heavy (non-hydrogen) atoms. The molecule has 1 aromatic heterocycles. The summed E-state index contributed by atoms with van der Waals surface area (Å²) in [5.74, 6) is -0.0377. The number of carbonyl (C=O) groups excluding carboxylic acids is 1. The van der Waals surface area contributed by atoms with Gasteiger partial charge in [-0.1, -0.05) is 52.5 Å². The first-order valence-electron chi connectivity index (χ1n) is 4.59. The summed E-state index contributed by atoms with van der Waals surface area (Å²) in [5, 5.41) is 0. The lowest BCUT2D eigenvalue weighted by Gasteiger charge is -2.23. The second-order valence-electron chi connectivity index (χ2n) is 3.12. The summed E-state index contributed by atoms with van der Waals surface area (Å²) in [7, 11) is 0. The van der Waals surface area contributed by atoms with Crippen molar-refractivity contribution in [1.82, 2.24) is 4.90 Å². The topological polar surface area (TPSA) is 33.5 Å². The first kappa shape index (κ1) is 14.7. The third-order valence-corrected chi connectivity index (χ3v) is 2.53. The average Bonchev–Trinajstić information content (AvgIpc) is 2.74. The summed E-state index contributed by atoms with van der Waals surface area (Å²) in [6.45, 7) is 0.442. The minimum absolute atomic E-state index is 0.209. The van der Waals surface area contributed by atoms with E-state index in [1.54, 1.807) is 18.2 Å². The molecule has 0 aliphatic rings. The Bertz CT molecular complexity index is 384. The predicted molar refractivity (Wildman–Crippen MR) is 69.4 cm³/mol. The maximum atomic E-state index is 11.8. The van der Waals surface area contributed by atoms with Crippen molar-refractivity contribution in [1.29, 1.82) is 0 Å². The lowest BCUT2D eigenvalue weighted by molar-refractivity contribution is -0.130. The van der Waals surface area contributed by atoms with Crippen LogP contribution in [0.5, 0.6) is 0 Å². The lowest BCUT2D eigenvalue weighted by Crippen LogP contribution is -2.39. The Kier molecular flexibility index (Phi) is 5.67. The Hall–Kier alpha value is -0.350. The van der Waals surface area contributed by atoms with E-state index in [1.165, 1.54) is 16.7 Å². The largest absolute Gasteiger partial charge is 0.467 e. The fourth-order valence-electron chi connectivity index (χ4n) is 1.16. The monoisotopic (exact) mass is 315 g/mol. The molecule has 1 rings (SSSR count). The van der Waals surface area contributed by atoms with Gasteiger partial charge in [0.05, 0.1) is 12.8 Å². The Labute approximate surface area is 119 Å². The zero-order valence-corrected chi connectivity index (χ0v) is 11.6. The highest BCUT2D eigenvalue weighted by Gasteiger charge is 2.35. The number of hydrogen-bond donors (Lipinski definition) is 0. The maximum absolute atomic E-state index is 11.8. The van der Waals surface area contributed by atoms with Gasteiger partial charge >= 0.3 is 0 Å². The van der Waals surface area contributed by atoms with E-state index in [1.807, 2.05) is 0 Å². The second kappa shape index (κ2) is 6.55. The smallest absolute Gasteiger partial charge is 0.275 e. The number of hydrogen-bond acceptors (Lipinski definition) is 2. The van der Waals surface area contributed by atoms with E-state index >= 15 is 0 Å². The standard InChI is InChI=1S/C10H9Cl4NO2/c11-4-2-5-15(9(16)10(12,13)14)7-8-3-1-6-17-8/h1-4,6H,5,7H2. The summed E-state index contributed by atoms with van der Waals surface area (Å²) in [6, 6.07) is 3.44. The molecular weight excluding hydrogens is 308 g/mol. The van der Waals surface area contributed by atoms with E-state index in [0.717, 1.165) is 0 Å². The molecule has 0 atom stereocenters. The van der Waals surface area contributed by atoms with Crippen molar-refractivity contribution < 1.29 is 9.21 Å². The third-order valence-electron chi connectivity index (χ3n) is 1.87. The molecule has 7 heteroatoms. The van der Waals surface area contributed by atoms with Crippen LogP contribution in [0.15, 0.2) is 34.4 Å². The van der Waals surface area contributed by atoms with Crippen LogP contribution in [-0.4, -0.2) is 21.1 Å². The van der Waals surface area contributed by atoms with Crippen molar-refractivity contribution in [3.05, 3.63) is 35.8 Å². The first-order valence-corrected chi connectivity index (χ1v) is 6.16. The van der Waals surface area contributed by atoms with Gasteiger partial charge < -0.3 is 9.32 Å². The number of furan rings is 1. The Morgan fingerprint density at radius 3 is 2.65 bits per heavy atom. The van der Waals surface area contributed by atoms with E-state index in [-0.39, 0.29) is 13.1 Å². The number of rotatable bonds is 4. The van der Waals surface area contributed by atoms with Gasteiger partial charge in [-0.15, -0.1) is 0 Å². The highest BCUT2D eigenvalue weighted by atomic mass is 35.6. The van der Waals surface area contributed by atoms with Gasteiger partial charge in [0.25, 0.3) is 9.70 Å². The fraction of sp³-hybridized carbons (Fsp3) is 0.300. The van der Waals surface area contributed by atoms with Gasteiger partial charge in [0.2, 0.25) is 0 Å². The van der Waals surface area contributed by atoms with Crippen molar-refractivity contribution >= 4 is 52.3 Å². The molecule has 0 aromatic carbocycles. The van der Waals surface area contributed by atoms with Crippen LogP contribution in [0.1, 0.15) is 5.76 Å². The summed E-state index contributed by atoms with van der Waals surface area (Å²) in [4.78, 5) is 13.1. The molecule has 3 nitrogen and oxygen atoms in total. The van der Waals surface area contributed by atoms with Gasteiger partial charge in [0.1, 0.15) is 5.76 Å². The SMILES string of the molecule is O=C(N(CC=CCl)Cc1ccco1)C(Cl)(Cl)Cl. The van der Waals surface area contributed by atoms with Gasteiger partial charge in [0.15, 0.2) is 0 Å². The van der Waals surface area contributed by atoms with Gasteiger partial charge in [0, 0.05) is 12.1 Å². The van der Waals surface area contributed by atoms with Crippen LogP contribution in [-0.2, 0) is 11.3 Å². The molecule has 0 aliphatic heterocycles. The highest BCUT2D eigenvalue weighted by Crippen LogP contribution is 2.29. The zero-order chi connectivity index (χ0) is 12.9. The number of amides is 1. The van der Waals surface area contributed by atoms with Crippen LogP contribution < -0.4 is 0 Å². The molecule has 1 amide bonds. The van der Waals surface area contributed by atoms with Crippen molar-refractivity contribution in [2.24, 2.45) is 0 Å². The molecule has 0 radical (unpaired) electrons.